The molecule has 0 aliphatic heterocycles. The Morgan fingerprint density at radius 2 is 2.03 bits per heavy atom. The van der Waals surface area contributed by atoms with Gasteiger partial charge in [0.1, 0.15) is 12.4 Å². The summed E-state index contributed by atoms with van der Waals surface area (Å²) >= 11 is 6.13. The molecule has 0 fully saturated rings. The smallest absolute Gasteiger partial charge is 0.267 e. The van der Waals surface area contributed by atoms with Crippen LogP contribution in [-0.2, 0) is 17.6 Å². The molecule has 1 aliphatic rings. The molecule has 5 rings (SSSR count). The number of nitrogens with one attached hydrogen (secondary N) is 2. The molecule has 7 heteroatoms. The maximum absolute atomic E-state index is 11.4. The van der Waals surface area contributed by atoms with E-state index < -0.39 is 5.91 Å². The molecule has 1 aliphatic carbocycles. The van der Waals surface area contributed by atoms with Crippen LogP contribution >= 0.6 is 11.6 Å². The Kier molecular flexibility index (Phi) is 7.90. The lowest BCUT2D eigenvalue weighted by Crippen LogP contribution is -2.33. The summed E-state index contributed by atoms with van der Waals surface area (Å²) in [6, 6.07) is 22.6. The van der Waals surface area contributed by atoms with E-state index in [0.717, 1.165) is 49.2 Å². The largest absolute Gasteiger partial charge is 0.492 e. The number of benzene rings is 3. The molecule has 0 radical (unpaired) electrons. The number of carbonyl (C=O) groups excluding carboxylic acids is 1. The van der Waals surface area contributed by atoms with Gasteiger partial charge in [0.25, 0.3) is 5.91 Å². The zero-order chi connectivity index (χ0) is 25.6. The van der Waals surface area contributed by atoms with Crippen LogP contribution in [-0.4, -0.2) is 40.7 Å². The Balaban J connectivity index is 1.33. The van der Waals surface area contributed by atoms with Crippen LogP contribution in [0.2, 0.25) is 5.02 Å². The fourth-order valence-corrected chi connectivity index (χ4v) is 5.35. The highest BCUT2D eigenvalue weighted by Gasteiger charge is 2.28. The topological polar surface area (TPSA) is 77.6 Å². The highest BCUT2D eigenvalue weighted by Crippen LogP contribution is 2.37. The molecule has 0 spiro atoms. The quantitative estimate of drug-likeness (QED) is 0.138. The highest BCUT2D eigenvalue weighted by molar-refractivity contribution is 6.30. The Morgan fingerprint density at radius 3 is 2.89 bits per heavy atom. The van der Waals surface area contributed by atoms with Crippen LogP contribution in [0.4, 0.5) is 0 Å². The molecule has 190 valence electrons. The lowest BCUT2D eigenvalue weighted by atomic mass is 10.0. The number of aryl methyl sites for hydroxylation is 1. The number of para-hydroxylation sites is 1. The van der Waals surface area contributed by atoms with Crippen molar-refractivity contribution in [1.29, 1.82) is 0 Å². The van der Waals surface area contributed by atoms with Gasteiger partial charge in [0.05, 0.1) is 0 Å². The summed E-state index contributed by atoms with van der Waals surface area (Å²) in [7, 11) is 0. The first-order chi connectivity index (χ1) is 18.1. The molecule has 1 atom stereocenters. The second-order valence-corrected chi connectivity index (χ2v) is 9.71. The third-order valence-electron chi connectivity index (χ3n) is 6.98. The van der Waals surface area contributed by atoms with Crippen LogP contribution in [0.1, 0.15) is 34.7 Å². The number of H-pyrrole nitrogens is 1. The van der Waals surface area contributed by atoms with Crippen molar-refractivity contribution in [1.82, 2.24) is 15.4 Å². The van der Waals surface area contributed by atoms with Crippen molar-refractivity contribution in [3.8, 4) is 5.75 Å². The van der Waals surface area contributed by atoms with Crippen LogP contribution in [0, 0.1) is 0 Å². The van der Waals surface area contributed by atoms with Crippen molar-refractivity contribution in [2.45, 2.75) is 25.3 Å². The van der Waals surface area contributed by atoms with E-state index in [1.165, 1.54) is 28.2 Å². The van der Waals surface area contributed by atoms with Gasteiger partial charge < -0.3 is 9.72 Å². The van der Waals surface area contributed by atoms with Gasteiger partial charge in [-0.05, 0) is 71.9 Å². The number of carbonyl (C=O) groups is 1. The van der Waals surface area contributed by atoms with Gasteiger partial charge in [-0.2, -0.15) is 0 Å². The van der Waals surface area contributed by atoms with Gasteiger partial charge in [-0.3, -0.25) is 14.9 Å². The predicted molar refractivity (Wildman–Crippen MR) is 147 cm³/mol. The number of amides is 1. The standard InChI is InChI=1S/C30H30ClN3O3/c31-24-4-3-5-25(19-24)37-17-16-34(15-14-23-20-32-28-7-2-1-6-26(23)28)29-12-10-22-18-21(8-11-27(22)29)9-13-30(35)33-36/h1-9,11,13,18-20,29,32,36H,10,12,14-17H2,(H,33,35)/b13-9+. The summed E-state index contributed by atoms with van der Waals surface area (Å²) < 4.78 is 6.06. The molecular formula is C30H30ClN3O3. The number of hydroxylamine groups is 1. The second-order valence-electron chi connectivity index (χ2n) is 9.27. The molecule has 1 unspecified atom stereocenters. The van der Waals surface area contributed by atoms with Crippen molar-refractivity contribution < 1.29 is 14.7 Å². The molecule has 4 aromatic rings. The number of fused-ring (bicyclic) bond motifs is 2. The zero-order valence-electron chi connectivity index (χ0n) is 20.5. The number of hydrogen-bond acceptors (Lipinski definition) is 4. The predicted octanol–water partition coefficient (Wildman–Crippen LogP) is 5.95. The number of ether oxygens (including phenoxy) is 1. The average molecular weight is 516 g/mol. The molecule has 1 heterocycles. The average Bonchev–Trinajstić information content (AvgIpc) is 3.53. The third kappa shape index (κ3) is 6.05. The van der Waals surface area contributed by atoms with E-state index in [4.69, 9.17) is 21.5 Å². The molecule has 0 saturated heterocycles. The van der Waals surface area contributed by atoms with Crippen molar-refractivity contribution in [2.24, 2.45) is 0 Å². The Labute approximate surface area is 221 Å². The summed E-state index contributed by atoms with van der Waals surface area (Å²) in [6.07, 6.45) is 8.11. The Bertz CT molecular complexity index is 1410. The second kappa shape index (κ2) is 11.6. The normalized spacial score (nSPS) is 14.9. The van der Waals surface area contributed by atoms with Gasteiger partial charge in [-0.15, -0.1) is 0 Å². The monoisotopic (exact) mass is 515 g/mol. The van der Waals surface area contributed by atoms with Crippen LogP contribution in [0.3, 0.4) is 0 Å². The number of rotatable bonds is 10. The van der Waals surface area contributed by atoms with E-state index >= 15 is 0 Å². The lowest BCUT2D eigenvalue weighted by molar-refractivity contribution is -0.124. The van der Waals surface area contributed by atoms with E-state index in [1.807, 2.05) is 30.3 Å². The molecule has 6 nitrogen and oxygen atoms in total. The molecule has 0 saturated carbocycles. The van der Waals surface area contributed by atoms with E-state index in [1.54, 1.807) is 11.6 Å². The van der Waals surface area contributed by atoms with Gasteiger partial charge in [-0.25, -0.2) is 5.48 Å². The SMILES string of the molecule is O=C(/C=C/c1ccc2c(c1)CCC2N(CCOc1cccc(Cl)c1)CCc1c[nH]c2ccccc12)NO. The van der Waals surface area contributed by atoms with Crippen molar-refractivity contribution in [2.75, 3.05) is 19.7 Å². The van der Waals surface area contributed by atoms with Gasteiger partial charge in [0.2, 0.25) is 0 Å². The van der Waals surface area contributed by atoms with Gasteiger partial charge in [0.15, 0.2) is 0 Å². The first-order valence-electron chi connectivity index (χ1n) is 12.5. The van der Waals surface area contributed by atoms with E-state index in [9.17, 15) is 4.79 Å². The highest BCUT2D eigenvalue weighted by atomic mass is 35.5. The lowest BCUT2D eigenvalue weighted by Gasteiger charge is -2.29. The number of nitrogens with zero attached hydrogens (tertiary/aromatic N) is 1. The van der Waals surface area contributed by atoms with Crippen LogP contribution < -0.4 is 10.2 Å². The van der Waals surface area contributed by atoms with Gasteiger partial charge in [0, 0.05) is 47.3 Å². The Hall–Kier alpha value is -3.58. The van der Waals surface area contributed by atoms with Gasteiger partial charge >= 0.3 is 0 Å². The third-order valence-corrected chi connectivity index (χ3v) is 7.21. The fourth-order valence-electron chi connectivity index (χ4n) is 5.17. The molecule has 37 heavy (non-hydrogen) atoms. The van der Waals surface area contributed by atoms with Crippen molar-refractivity contribution in [3.05, 3.63) is 106 Å². The van der Waals surface area contributed by atoms with E-state index in [0.29, 0.717) is 17.7 Å². The zero-order valence-corrected chi connectivity index (χ0v) is 21.2. The van der Waals surface area contributed by atoms with Crippen LogP contribution in [0.5, 0.6) is 5.75 Å². The van der Waals surface area contributed by atoms with Crippen LogP contribution in [0.15, 0.2) is 79.0 Å². The van der Waals surface area contributed by atoms with Crippen molar-refractivity contribution in [3.63, 3.8) is 0 Å². The minimum Gasteiger partial charge on any atom is -0.492 e. The summed E-state index contributed by atoms with van der Waals surface area (Å²) in [6.45, 7) is 2.26. The number of aromatic nitrogens is 1. The van der Waals surface area contributed by atoms with E-state index in [2.05, 4.69) is 52.5 Å². The minimum absolute atomic E-state index is 0.293. The van der Waals surface area contributed by atoms with E-state index in [-0.39, 0.29) is 0 Å². The molecule has 1 aromatic heterocycles. The fraction of sp³-hybridized carbons (Fsp3) is 0.233. The van der Waals surface area contributed by atoms with Crippen molar-refractivity contribution >= 4 is 34.5 Å². The first kappa shape index (κ1) is 25.1. The summed E-state index contributed by atoms with van der Waals surface area (Å²) in [4.78, 5) is 17.3. The maximum Gasteiger partial charge on any atom is 0.267 e. The van der Waals surface area contributed by atoms with Crippen LogP contribution in [0.25, 0.3) is 17.0 Å². The molecule has 3 N–H and O–H groups in total. The van der Waals surface area contributed by atoms with Gasteiger partial charge in [-0.1, -0.05) is 54.1 Å². The summed E-state index contributed by atoms with van der Waals surface area (Å²) in [5.74, 6) is 0.237. The first-order valence-corrected chi connectivity index (χ1v) is 12.9. The number of hydrogen-bond donors (Lipinski definition) is 3. The maximum atomic E-state index is 11.4. The summed E-state index contributed by atoms with van der Waals surface area (Å²) in [5, 5.41) is 10.7. The molecular weight excluding hydrogens is 486 g/mol. The number of aromatic amines is 1. The molecule has 3 aromatic carbocycles. The molecule has 1 amide bonds. The Morgan fingerprint density at radius 1 is 1.14 bits per heavy atom. The number of halogens is 1. The summed E-state index contributed by atoms with van der Waals surface area (Å²) in [5.41, 5.74) is 7.67. The molecule has 0 bridgehead atoms. The minimum atomic E-state index is -0.540.